The number of allylic oxidation sites excluding steroid dienone is 2. The van der Waals surface area contributed by atoms with Crippen LogP contribution in [0.5, 0.6) is 11.5 Å². The molecule has 2 aliphatic rings. The van der Waals surface area contributed by atoms with E-state index >= 15 is 0 Å². The van der Waals surface area contributed by atoms with Crippen molar-refractivity contribution in [2.24, 2.45) is 4.99 Å². The Balaban J connectivity index is 1.48. The first kappa shape index (κ1) is 25.4. The number of aromatic nitrogens is 2. The van der Waals surface area contributed by atoms with Crippen molar-refractivity contribution in [3.05, 3.63) is 133 Å². The van der Waals surface area contributed by atoms with Crippen LogP contribution >= 0.6 is 11.3 Å². The normalized spacial score (nSPS) is 16.1. The zero-order valence-electron chi connectivity index (χ0n) is 23.0. The van der Waals surface area contributed by atoms with E-state index < -0.39 is 0 Å². The molecule has 7 heteroatoms. The zero-order valence-corrected chi connectivity index (χ0v) is 23.8. The molecule has 1 atom stereocenters. The molecule has 0 N–H and O–H groups in total. The number of hydrogen-bond acceptors (Lipinski definition) is 5. The number of fused-ring (bicyclic) bond motifs is 4. The Bertz CT molecular complexity index is 2060. The van der Waals surface area contributed by atoms with Crippen LogP contribution in [0.15, 0.2) is 101 Å². The summed E-state index contributed by atoms with van der Waals surface area (Å²) in [5, 5.41) is 1.10. The Morgan fingerprint density at radius 3 is 2.66 bits per heavy atom. The number of nitrogens with zero attached hydrogens (tertiary/aromatic N) is 3. The van der Waals surface area contributed by atoms with Gasteiger partial charge in [-0.05, 0) is 53.8 Å². The molecule has 2 aromatic heterocycles. The summed E-state index contributed by atoms with van der Waals surface area (Å²) < 4.78 is 15.9. The van der Waals surface area contributed by atoms with Crippen LogP contribution in [0.25, 0.3) is 22.7 Å². The SMILES string of the molecule is C=CCn1cc(/C=c2/sc3n(c2=O)[C@@H](c2ccc(OC)c(OC)c2)C2=C(N=3)c3ccccc3CC2)c2ccccc21. The summed E-state index contributed by atoms with van der Waals surface area (Å²) in [6.45, 7) is 4.61. The maximum absolute atomic E-state index is 14.2. The second kappa shape index (κ2) is 10.1. The van der Waals surface area contributed by atoms with Crippen LogP contribution < -0.4 is 24.4 Å². The van der Waals surface area contributed by atoms with Crippen molar-refractivity contribution < 1.29 is 9.47 Å². The van der Waals surface area contributed by atoms with Crippen LogP contribution in [0.3, 0.4) is 0 Å². The van der Waals surface area contributed by atoms with Gasteiger partial charge in [0.1, 0.15) is 0 Å². The minimum absolute atomic E-state index is 0.0421. The molecule has 0 radical (unpaired) electrons. The van der Waals surface area contributed by atoms with Crippen LogP contribution in [-0.2, 0) is 13.0 Å². The van der Waals surface area contributed by atoms with Gasteiger partial charge in [-0.1, -0.05) is 65.9 Å². The van der Waals surface area contributed by atoms with Gasteiger partial charge in [-0.2, -0.15) is 0 Å². The van der Waals surface area contributed by atoms with Gasteiger partial charge in [0.15, 0.2) is 16.3 Å². The van der Waals surface area contributed by atoms with Gasteiger partial charge >= 0.3 is 0 Å². The summed E-state index contributed by atoms with van der Waals surface area (Å²) in [4.78, 5) is 20.1. The second-order valence-corrected chi connectivity index (χ2v) is 11.3. The Kier molecular flexibility index (Phi) is 6.24. The first-order valence-electron chi connectivity index (χ1n) is 13.6. The summed E-state index contributed by atoms with van der Waals surface area (Å²) >= 11 is 1.44. The maximum atomic E-state index is 14.2. The van der Waals surface area contributed by atoms with Crippen molar-refractivity contribution in [2.75, 3.05) is 14.2 Å². The predicted octanol–water partition coefficient (Wildman–Crippen LogP) is 5.48. The van der Waals surface area contributed by atoms with Gasteiger partial charge in [-0.15, -0.1) is 6.58 Å². The molecule has 0 fully saturated rings. The molecule has 5 aromatic rings. The third-order valence-electron chi connectivity index (χ3n) is 8.03. The van der Waals surface area contributed by atoms with Gasteiger partial charge in [-0.25, -0.2) is 4.99 Å². The van der Waals surface area contributed by atoms with E-state index in [0.717, 1.165) is 51.7 Å². The lowest BCUT2D eigenvalue weighted by atomic mass is 9.83. The van der Waals surface area contributed by atoms with Gasteiger partial charge in [0.2, 0.25) is 0 Å². The third-order valence-corrected chi connectivity index (χ3v) is 9.01. The van der Waals surface area contributed by atoms with Crippen molar-refractivity contribution in [1.29, 1.82) is 0 Å². The summed E-state index contributed by atoms with van der Waals surface area (Å²) in [5.41, 5.74) is 7.60. The van der Waals surface area contributed by atoms with Gasteiger partial charge in [0, 0.05) is 34.8 Å². The molecule has 3 heterocycles. The first-order valence-corrected chi connectivity index (χ1v) is 14.5. The van der Waals surface area contributed by atoms with E-state index in [-0.39, 0.29) is 11.6 Å². The fourth-order valence-electron chi connectivity index (χ4n) is 6.17. The minimum atomic E-state index is -0.293. The number of methoxy groups -OCH3 is 2. The molecule has 3 aromatic carbocycles. The molecule has 0 bridgehead atoms. The van der Waals surface area contributed by atoms with Crippen molar-refractivity contribution in [3.63, 3.8) is 0 Å². The molecule has 1 aliphatic carbocycles. The molecule has 0 saturated heterocycles. The van der Waals surface area contributed by atoms with E-state index in [1.54, 1.807) is 14.2 Å². The van der Waals surface area contributed by atoms with Crippen LogP contribution in [0.4, 0.5) is 0 Å². The molecule has 0 amide bonds. The van der Waals surface area contributed by atoms with Crippen LogP contribution in [-0.4, -0.2) is 23.4 Å². The highest BCUT2D eigenvalue weighted by atomic mass is 32.1. The largest absolute Gasteiger partial charge is 0.493 e. The van der Waals surface area contributed by atoms with Crippen LogP contribution in [0.2, 0.25) is 0 Å². The standard InChI is InChI=1S/C34H29N3O3S/c1-4-17-36-20-23(24-10-7-8-12-27(24)36)19-30-33(38)37-32(22-14-16-28(39-2)29(18-22)40-3)26-15-13-21-9-5-6-11-25(21)31(26)35-34(37)41-30/h4-12,14,16,18-20,32H,1,13,15,17H2,2-3H3/b30-19+/t32-/m0/s1. The number of aryl methyl sites for hydroxylation is 1. The van der Waals surface area contributed by atoms with Gasteiger partial charge in [0.25, 0.3) is 5.56 Å². The lowest BCUT2D eigenvalue weighted by Gasteiger charge is -2.31. The van der Waals surface area contributed by atoms with Crippen molar-refractivity contribution in [1.82, 2.24) is 9.13 Å². The summed E-state index contributed by atoms with van der Waals surface area (Å²) in [5.74, 6) is 1.29. The Morgan fingerprint density at radius 1 is 1.02 bits per heavy atom. The van der Waals surface area contributed by atoms with Gasteiger partial charge < -0.3 is 14.0 Å². The van der Waals surface area contributed by atoms with Crippen molar-refractivity contribution >= 4 is 34.0 Å². The Morgan fingerprint density at radius 2 is 1.83 bits per heavy atom. The van der Waals surface area contributed by atoms with E-state index in [4.69, 9.17) is 14.5 Å². The van der Waals surface area contributed by atoms with E-state index in [1.165, 1.54) is 16.9 Å². The Hall–Kier alpha value is -4.62. The fourth-order valence-corrected chi connectivity index (χ4v) is 7.16. The number of thiazole rings is 1. The van der Waals surface area contributed by atoms with Gasteiger partial charge in [0.05, 0.1) is 30.5 Å². The third kappa shape index (κ3) is 4.07. The quantitative estimate of drug-likeness (QED) is 0.259. The molecule has 0 unspecified atom stereocenters. The molecule has 6 nitrogen and oxygen atoms in total. The number of benzene rings is 3. The van der Waals surface area contributed by atoms with Gasteiger partial charge in [-0.3, -0.25) is 9.36 Å². The first-order chi connectivity index (χ1) is 20.1. The Labute approximate surface area is 241 Å². The molecule has 1 aliphatic heterocycles. The smallest absolute Gasteiger partial charge is 0.271 e. The molecular formula is C34H29N3O3S. The van der Waals surface area contributed by atoms with E-state index in [2.05, 4.69) is 53.7 Å². The fraction of sp³-hybridized carbons (Fsp3) is 0.176. The summed E-state index contributed by atoms with van der Waals surface area (Å²) in [6, 6.07) is 22.3. The maximum Gasteiger partial charge on any atom is 0.271 e. The molecular weight excluding hydrogens is 530 g/mol. The predicted molar refractivity (Wildman–Crippen MR) is 164 cm³/mol. The van der Waals surface area contributed by atoms with Crippen molar-refractivity contribution in [3.8, 4) is 11.5 Å². The van der Waals surface area contributed by atoms with E-state index in [9.17, 15) is 4.79 Å². The highest BCUT2D eigenvalue weighted by molar-refractivity contribution is 7.07. The van der Waals surface area contributed by atoms with Crippen LogP contribution in [0.1, 0.15) is 34.7 Å². The number of rotatable bonds is 6. The monoisotopic (exact) mass is 559 g/mol. The molecule has 41 heavy (non-hydrogen) atoms. The molecule has 0 saturated carbocycles. The number of ether oxygens (including phenoxy) is 2. The topological polar surface area (TPSA) is 57.8 Å². The number of para-hydroxylation sites is 1. The highest BCUT2D eigenvalue weighted by Gasteiger charge is 2.33. The zero-order chi connectivity index (χ0) is 28.1. The van der Waals surface area contributed by atoms with Crippen molar-refractivity contribution in [2.45, 2.75) is 25.4 Å². The average Bonchev–Trinajstić information content (AvgIpc) is 3.52. The average molecular weight is 560 g/mol. The van der Waals surface area contributed by atoms with Crippen LogP contribution in [0, 0.1) is 0 Å². The molecule has 0 spiro atoms. The summed E-state index contributed by atoms with van der Waals surface area (Å²) in [7, 11) is 3.27. The lowest BCUT2D eigenvalue weighted by molar-refractivity contribution is 0.354. The minimum Gasteiger partial charge on any atom is -0.493 e. The molecule has 204 valence electrons. The summed E-state index contributed by atoms with van der Waals surface area (Å²) in [6.07, 6.45) is 7.72. The highest BCUT2D eigenvalue weighted by Crippen LogP contribution is 2.42. The van der Waals surface area contributed by atoms with E-state index in [1.807, 2.05) is 47.1 Å². The van der Waals surface area contributed by atoms with E-state index in [0.29, 0.717) is 27.4 Å². The second-order valence-electron chi connectivity index (χ2n) is 10.3. The number of hydrogen-bond donors (Lipinski definition) is 0. The molecule has 7 rings (SSSR count). The lowest BCUT2D eigenvalue weighted by Crippen LogP contribution is -2.38.